The number of hydrogen-bond donors (Lipinski definition) is 0. The molecule has 0 saturated carbocycles. The summed E-state index contributed by atoms with van der Waals surface area (Å²) < 4.78 is 10.9. The molecule has 0 aliphatic carbocycles. The lowest BCUT2D eigenvalue weighted by Gasteiger charge is -2.22. The van der Waals surface area contributed by atoms with Gasteiger partial charge in [0.05, 0.1) is 0 Å². The lowest BCUT2D eigenvalue weighted by atomic mass is 9.94. The van der Waals surface area contributed by atoms with E-state index in [1.807, 2.05) is 6.92 Å². The highest BCUT2D eigenvalue weighted by Crippen LogP contribution is 2.25. The van der Waals surface area contributed by atoms with Crippen LogP contribution in [-0.4, -0.2) is 5.79 Å². The van der Waals surface area contributed by atoms with E-state index in [0.29, 0.717) is 0 Å². The fraction of sp³-hybridized carbons (Fsp3) is 0.800. The summed E-state index contributed by atoms with van der Waals surface area (Å²) in [4.78, 5) is 0. The first-order chi connectivity index (χ1) is 10.4. The second-order valence-electron chi connectivity index (χ2n) is 7.55. The van der Waals surface area contributed by atoms with Crippen LogP contribution in [0, 0.1) is 11.8 Å². The molecule has 128 valence electrons. The Hall–Kier alpha value is -0.920. The highest BCUT2D eigenvalue weighted by Gasteiger charge is 2.27. The molecule has 1 aliphatic rings. The van der Waals surface area contributed by atoms with Gasteiger partial charge in [0, 0.05) is 13.3 Å². The second-order valence-corrected chi connectivity index (χ2v) is 7.55. The summed E-state index contributed by atoms with van der Waals surface area (Å²) in [7, 11) is 0. The average molecular weight is 309 g/mol. The SMILES string of the molecule is C/C(=C\CCC1(C)OC=CO1)CCC[C@H](C)CCCC(C)C. The van der Waals surface area contributed by atoms with Crippen molar-refractivity contribution in [3.63, 3.8) is 0 Å². The van der Waals surface area contributed by atoms with Crippen molar-refractivity contribution in [2.24, 2.45) is 11.8 Å². The highest BCUT2D eigenvalue weighted by atomic mass is 16.7. The first kappa shape index (κ1) is 19.1. The van der Waals surface area contributed by atoms with Crippen molar-refractivity contribution >= 4 is 0 Å². The Balaban J connectivity index is 2.06. The number of hydrogen-bond acceptors (Lipinski definition) is 2. The summed E-state index contributed by atoms with van der Waals surface area (Å²) in [6.07, 6.45) is 15.6. The molecule has 1 aliphatic heterocycles. The zero-order chi connectivity index (χ0) is 16.4. The zero-order valence-corrected chi connectivity index (χ0v) is 15.4. The Bertz CT molecular complexity index is 347. The molecule has 22 heavy (non-hydrogen) atoms. The summed E-state index contributed by atoms with van der Waals surface area (Å²) in [6, 6.07) is 0. The van der Waals surface area contributed by atoms with Crippen LogP contribution >= 0.6 is 0 Å². The predicted molar refractivity (Wildman–Crippen MR) is 94.4 cm³/mol. The third kappa shape index (κ3) is 8.51. The van der Waals surface area contributed by atoms with E-state index in [1.54, 1.807) is 12.5 Å². The number of ether oxygens (including phenoxy) is 2. The molecule has 0 aromatic heterocycles. The van der Waals surface area contributed by atoms with Gasteiger partial charge in [-0.15, -0.1) is 0 Å². The monoisotopic (exact) mass is 308 g/mol. The molecule has 0 fully saturated rings. The van der Waals surface area contributed by atoms with Crippen molar-refractivity contribution < 1.29 is 9.47 Å². The Morgan fingerprint density at radius 3 is 2.32 bits per heavy atom. The van der Waals surface area contributed by atoms with Crippen LogP contribution in [0.15, 0.2) is 24.2 Å². The van der Waals surface area contributed by atoms with E-state index in [2.05, 4.69) is 33.8 Å². The molecule has 1 rings (SSSR count). The zero-order valence-electron chi connectivity index (χ0n) is 15.4. The van der Waals surface area contributed by atoms with Crippen LogP contribution in [0.5, 0.6) is 0 Å². The third-order valence-corrected chi connectivity index (χ3v) is 4.53. The van der Waals surface area contributed by atoms with Crippen LogP contribution in [-0.2, 0) is 9.47 Å². The quantitative estimate of drug-likeness (QED) is 0.401. The van der Waals surface area contributed by atoms with Gasteiger partial charge in [0.1, 0.15) is 12.5 Å². The van der Waals surface area contributed by atoms with Crippen molar-refractivity contribution in [3.8, 4) is 0 Å². The molecule has 0 radical (unpaired) electrons. The van der Waals surface area contributed by atoms with Gasteiger partial charge in [-0.2, -0.15) is 0 Å². The van der Waals surface area contributed by atoms with Crippen LogP contribution in [0.25, 0.3) is 0 Å². The van der Waals surface area contributed by atoms with E-state index in [1.165, 1.54) is 44.1 Å². The minimum absolute atomic E-state index is 0.443. The lowest BCUT2D eigenvalue weighted by Crippen LogP contribution is -2.24. The molecule has 0 spiro atoms. The molecular formula is C20H36O2. The van der Waals surface area contributed by atoms with Crippen LogP contribution in [0.1, 0.15) is 86.0 Å². The Morgan fingerprint density at radius 1 is 1.05 bits per heavy atom. The van der Waals surface area contributed by atoms with Gasteiger partial charge >= 0.3 is 0 Å². The summed E-state index contributed by atoms with van der Waals surface area (Å²) in [5, 5.41) is 0. The standard InChI is InChI=1S/C20H36O2/c1-17(2)9-6-10-18(3)11-7-12-19(4)13-8-14-20(5)21-15-16-22-20/h13,15-18H,6-12,14H2,1-5H3/b19-13+/t18-/m1/s1. The van der Waals surface area contributed by atoms with Crippen LogP contribution in [0.3, 0.4) is 0 Å². The average Bonchev–Trinajstić information content (AvgIpc) is 2.85. The van der Waals surface area contributed by atoms with E-state index in [-0.39, 0.29) is 0 Å². The van der Waals surface area contributed by atoms with Gasteiger partial charge in [-0.05, 0) is 38.0 Å². The fourth-order valence-electron chi connectivity index (χ4n) is 2.92. The van der Waals surface area contributed by atoms with Crippen molar-refractivity contribution in [2.75, 3.05) is 0 Å². The molecule has 0 aromatic carbocycles. The van der Waals surface area contributed by atoms with Crippen LogP contribution in [0.2, 0.25) is 0 Å². The number of allylic oxidation sites excluding steroid dienone is 2. The molecule has 1 atom stereocenters. The van der Waals surface area contributed by atoms with Gasteiger partial charge < -0.3 is 9.47 Å². The maximum absolute atomic E-state index is 5.46. The largest absolute Gasteiger partial charge is 0.457 e. The molecule has 2 nitrogen and oxygen atoms in total. The van der Waals surface area contributed by atoms with Crippen molar-refractivity contribution in [3.05, 3.63) is 24.2 Å². The fourth-order valence-corrected chi connectivity index (χ4v) is 2.92. The van der Waals surface area contributed by atoms with Crippen molar-refractivity contribution in [1.29, 1.82) is 0 Å². The minimum atomic E-state index is -0.443. The number of rotatable bonds is 11. The normalized spacial score (nSPS) is 18.4. The Labute approximate surface area is 138 Å². The van der Waals surface area contributed by atoms with Crippen LogP contribution in [0.4, 0.5) is 0 Å². The highest BCUT2D eigenvalue weighted by molar-refractivity contribution is 4.98. The molecule has 0 unspecified atom stereocenters. The molecule has 0 bridgehead atoms. The van der Waals surface area contributed by atoms with Gasteiger partial charge in [0.25, 0.3) is 0 Å². The lowest BCUT2D eigenvalue weighted by molar-refractivity contribution is -0.129. The third-order valence-electron chi connectivity index (χ3n) is 4.53. The van der Waals surface area contributed by atoms with Crippen molar-refractivity contribution in [1.82, 2.24) is 0 Å². The smallest absolute Gasteiger partial charge is 0.247 e. The van der Waals surface area contributed by atoms with Gasteiger partial charge in [-0.1, -0.05) is 58.1 Å². The first-order valence-corrected chi connectivity index (χ1v) is 9.07. The maximum Gasteiger partial charge on any atom is 0.247 e. The van der Waals surface area contributed by atoms with Crippen LogP contribution < -0.4 is 0 Å². The molecular weight excluding hydrogens is 272 g/mol. The van der Waals surface area contributed by atoms with E-state index in [0.717, 1.165) is 24.7 Å². The Morgan fingerprint density at radius 2 is 1.68 bits per heavy atom. The molecule has 0 N–H and O–H groups in total. The maximum atomic E-state index is 5.46. The molecule has 0 amide bonds. The molecule has 0 saturated heterocycles. The van der Waals surface area contributed by atoms with Gasteiger partial charge in [0.15, 0.2) is 0 Å². The summed E-state index contributed by atoms with van der Waals surface area (Å²) >= 11 is 0. The topological polar surface area (TPSA) is 18.5 Å². The van der Waals surface area contributed by atoms with Crippen molar-refractivity contribution in [2.45, 2.75) is 91.8 Å². The summed E-state index contributed by atoms with van der Waals surface area (Å²) in [5.74, 6) is 1.28. The molecule has 1 heterocycles. The predicted octanol–water partition coefficient (Wildman–Crippen LogP) is 6.58. The molecule has 0 aromatic rings. The van der Waals surface area contributed by atoms with E-state index in [4.69, 9.17) is 9.47 Å². The summed E-state index contributed by atoms with van der Waals surface area (Å²) in [5.41, 5.74) is 1.50. The molecule has 2 heteroatoms. The first-order valence-electron chi connectivity index (χ1n) is 9.07. The van der Waals surface area contributed by atoms with E-state index < -0.39 is 5.79 Å². The minimum Gasteiger partial charge on any atom is -0.457 e. The second kappa shape index (κ2) is 9.97. The van der Waals surface area contributed by atoms with Gasteiger partial charge in [-0.25, -0.2) is 0 Å². The van der Waals surface area contributed by atoms with Gasteiger partial charge in [-0.3, -0.25) is 0 Å². The van der Waals surface area contributed by atoms with E-state index >= 15 is 0 Å². The summed E-state index contributed by atoms with van der Waals surface area (Å²) in [6.45, 7) is 11.3. The Kier molecular flexibility index (Phi) is 8.67. The van der Waals surface area contributed by atoms with Gasteiger partial charge in [0.2, 0.25) is 5.79 Å². The van der Waals surface area contributed by atoms with E-state index in [9.17, 15) is 0 Å².